The Labute approximate surface area is 162 Å². The van der Waals surface area contributed by atoms with Gasteiger partial charge in [0.25, 0.3) is 0 Å². The molecule has 0 radical (unpaired) electrons. The number of rotatable bonds is 4. The number of ether oxygens (including phenoxy) is 3. The maximum atomic E-state index is 14.4. The van der Waals surface area contributed by atoms with Crippen molar-refractivity contribution in [3.05, 3.63) is 64.5 Å². The fourth-order valence-electron chi connectivity index (χ4n) is 3.04. The maximum Gasteiger partial charge on any atom is 0.184 e. The molecule has 2 aromatic rings. The largest absolute Gasteiger partial charge is 0.494 e. The van der Waals surface area contributed by atoms with Crippen LogP contribution in [0.5, 0.6) is 5.75 Å². The lowest BCUT2D eigenvalue weighted by Crippen LogP contribution is -2.27. The van der Waals surface area contributed by atoms with Gasteiger partial charge in [0.2, 0.25) is 0 Å². The molecule has 0 spiro atoms. The van der Waals surface area contributed by atoms with Crippen molar-refractivity contribution in [3.8, 4) is 17.6 Å². The molecule has 0 aliphatic carbocycles. The molecule has 1 saturated heterocycles. The summed E-state index contributed by atoms with van der Waals surface area (Å²) in [5, 5.41) is 0. The molecule has 2 aromatic carbocycles. The Morgan fingerprint density at radius 3 is 2.25 bits per heavy atom. The van der Waals surface area contributed by atoms with Crippen LogP contribution in [-0.2, 0) is 9.47 Å². The summed E-state index contributed by atoms with van der Waals surface area (Å²) < 4.78 is 58.6. The summed E-state index contributed by atoms with van der Waals surface area (Å²) >= 11 is 0. The van der Waals surface area contributed by atoms with Gasteiger partial charge in [-0.3, -0.25) is 0 Å². The third kappa shape index (κ3) is 4.67. The molecule has 6 heteroatoms. The lowest BCUT2D eigenvalue weighted by Gasteiger charge is -2.29. The average molecular weight is 390 g/mol. The van der Waals surface area contributed by atoms with Gasteiger partial charge in [-0.25, -0.2) is 13.2 Å². The molecular weight excluding hydrogens is 369 g/mol. The third-order valence-electron chi connectivity index (χ3n) is 4.48. The second-order valence-corrected chi connectivity index (χ2v) is 6.61. The van der Waals surface area contributed by atoms with Gasteiger partial charge in [0, 0.05) is 17.0 Å². The van der Waals surface area contributed by atoms with Gasteiger partial charge < -0.3 is 14.2 Å². The van der Waals surface area contributed by atoms with E-state index in [2.05, 4.69) is 18.8 Å². The van der Waals surface area contributed by atoms with Crippen molar-refractivity contribution in [2.24, 2.45) is 5.92 Å². The Hall–Kier alpha value is -2.49. The zero-order valence-corrected chi connectivity index (χ0v) is 15.7. The molecule has 1 aliphatic heterocycles. The van der Waals surface area contributed by atoms with Crippen LogP contribution in [0.15, 0.2) is 30.3 Å². The molecule has 1 fully saturated rings. The van der Waals surface area contributed by atoms with Crippen LogP contribution in [0.4, 0.5) is 13.2 Å². The quantitative estimate of drug-likeness (QED) is 0.690. The minimum Gasteiger partial charge on any atom is -0.494 e. The molecule has 3 rings (SSSR count). The molecule has 148 valence electrons. The Kier molecular flexibility index (Phi) is 6.61. The van der Waals surface area contributed by atoms with Gasteiger partial charge in [-0.2, -0.15) is 0 Å². The van der Waals surface area contributed by atoms with Gasteiger partial charge in [-0.15, -0.1) is 0 Å². The smallest absolute Gasteiger partial charge is 0.184 e. The standard InChI is InChI=1S/C22H21F3O3/c1-3-4-15-12-27-22(28-13-15)16-10-18(23)17(19(24)11-16)7-5-14-6-8-21(26-2)20(25)9-14/h6,8-11,15,22H,3-4,12-13H2,1-2H3/t15-,22-. The van der Waals surface area contributed by atoms with Crippen molar-refractivity contribution in [1.82, 2.24) is 0 Å². The van der Waals surface area contributed by atoms with Gasteiger partial charge in [-0.1, -0.05) is 25.2 Å². The number of hydrogen-bond donors (Lipinski definition) is 0. The summed E-state index contributed by atoms with van der Waals surface area (Å²) in [6.07, 6.45) is 1.21. The van der Waals surface area contributed by atoms with Gasteiger partial charge in [0.15, 0.2) is 17.9 Å². The topological polar surface area (TPSA) is 27.7 Å². The van der Waals surface area contributed by atoms with Crippen LogP contribution >= 0.6 is 0 Å². The first-order chi connectivity index (χ1) is 13.5. The van der Waals surface area contributed by atoms with Crippen LogP contribution in [0.3, 0.4) is 0 Å². The first-order valence-corrected chi connectivity index (χ1v) is 9.09. The molecule has 1 aliphatic rings. The fourth-order valence-corrected chi connectivity index (χ4v) is 3.04. The minimum atomic E-state index is -0.820. The molecular formula is C22H21F3O3. The second kappa shape index (κ2) is 9.13. The van der Waals surface area contributed by atoms with Gasteiger partial charge >= 0.3 is 0 Å². The average Bonchev–Trinajstić information content (AvgIpc) is 2.68. The Morgan fingerprint density at radius 2 is 1.68 bits per heavy atom. The molecule has 0 bridgehead atoms. The van der Waals surface area contributed by atoms with Gasteiger partial charge in [0.05, 0.1) is 25.9 Å². The van der Waals surface area contributed by atoms with Crippen LogP contribution in [0, 0.1) is 35.2 Å². The van der Waals surface area contributed by atoms with Crippen molar-refractivity contribution in [1.29, 1.82) is 0 Å². The Morgan fingerprint density at radius 1 is 1.00 bits per heavy atom. The number of halogens is 3. The molecule has 0 aromatic heterocycles. The van der Waals surface area contributed by atoms with E-state index in [1.807, 2.05) is 0 Å². The van der Waals surface area contributed by atoms with E-state index in [0.717, 1.165) is 31.0 Å². The number of hydrogen-bond acceptors (Lipinski definition) is 3. The predicted octanol–water partition coefficient (Wildman–Crippen LogP) is 4.97. The molecule has 0 unspecified atom stereocenters. The molecule has 28 heavy (non-hydrogen) atoms. The summed E-state index contributed by atoms with van der Waals surface area (Å²) in [6, 6.07) is 6.37. The Balaban J connectivity index is 1.77. The lowest BCUT2D eigenvalue weighted by atomic mass is 10.0. The zero-order valence-electron chi connectivity index (χ0n) is 15.7. The van der Waals surface area contributed by atoms with Crippen molar-refractivity contribution < 1.29 is 27.4 Å². The second-order valence-electron chi connectivity index (χ2n) is 6.61. The highest BCUT2D eigenvalue weighted by Gasteiger charge is 2.24. The van der Waals surface area contributed by atoms with Crippen LogP contribution in [0.2, 0.25) is 0 Å². The van der Waals surface area contributed by atoms with E-state index >= 15 is 0 Å². The van der Waals surface area contributed by atoms with Gasteiger partial charge in [0.1, 0.15) is 11.6 Å². The summed E-state index contributed by atoms with van der Waals surface area (Å²) in [7, 11) is 1.35. The van der Waals surface area contributed by atoms with E-state index in [-0.39, 0.29) is 22.4 Å². The fraction of sp³-hybridized carbons (Fsp3) is 0.364. The van der Waals surface area contributed by atoms with Crippen molar-refractivity contribution in [2.45, 2.75) is 26.1 Å². The summed E-state index contributed by atoms with van der Waals surface area (Å²) in [5.74, 6) is 3.12. The third-order valence-corrected chi connectivity index (χ3v) is 4.48. The van der Waals surface area contributed by atoms with Crippen LogP contribution in [0.25, 0.3) is 0 Å². The highest BCUT2D eigenvalue weighted by Crippen LogP contribution is 2.29. The normalized spacial score (nSPS) is 19.0. The molecule has 0 amide bonds. The molecule has 3 nitrogen and oxygen atoms in total. The number of methoxy groups -OCH3 is 1. The van der Waals surface area contributed by atoms with E-state index in [1.54, 1.807) is 0 Å². The maximum absolute atomic E-state index is 14.4. The number of benzene rings is 2. The minimum absolute atomic E-state index is 0.0703. The first kappa shape index (κ1) is 20.2. The summed E-state index contributed by atoms with van der Waals surface area (Å²) in [5.41, 5.74) is 0.160. The van der Waals surface area contributed by atoms with Gasteiger partial charge in [-0.05, 0) is 36.8 Å². The van der Waals surface area contributed by atoms with E-state index in [0.29, 0.717) is 19.1 Å². The SMILES string of the molecule is CCC[C@H]1CO[C@H](c2cc(F)c(C#Cc3ccc(OC)c(F)c3)c(F)c2)OC1. The van der Waals surface area contributed by atoms with Crippen LogP contribution in [0.1, 0.15) is 42.7 Å². The van der Waals surface area contributed by atoms with Crippen LogP contribution < -0.4 is 4.74 Å². The Bertz CT molecular complexity index is 871. The molecule has 1 heterocycles. The predicted molar refractivity (Wildman–Crippen MR) is 98.3 cm³/mol. The van der Waals surface area contributed by atoms with Crippen molar-refractivity contribution >= 4 is 0 Å². The monoisotopic (exact) mass is 390 g/mol. The summed E-state index contributed by atoms with van der Waals surface area (Å²) in [6.45, 7) is 3.07. The van der Waals surface area contributed by atoms with E-state index in [9.17, 15) is 13.2 Å². The summed E-state index contributed by atoms with van der Waals surface area (Å²) in [4.78, 5) is 0. The van der Waals surface area contributed by atoms with Crippen molar-refractivity contribution in [2.75, 3.05) is 20.3 Å². The zero-order chi connectivity index (χ0) is 20.1. The van der Waals surface area contributed by atoms with Crippen molar-refractivity contribution in [3.63, 3.8) is 0 Å². The highest BCUT2D eigenvalue weighted by atomic mass is 19.1. The van der Waals surface area contributed by atoms with E-state index in [1.165, 1.54) is 19.2 Å². The van der Waals surface area contributed by atoms with Crippen LogP contribution in [-0.4, -0.2) is 20.3 Å². The van der Waals surface area contributed by atoms with E-state index in [4.69, 9.17) is 14.2 Å². The molecule has 0 atom stereocenters. The lowest BCUT2D eigenvalue weighted by molar-refractivity contribution is -0.206. The first-order valence-electron chi connectivity index (χ1n) is 9.09. The molecule has 0 saturated carbocycles. The van der Waals surface area contributed by atoms with E-state index < -0.39 is 23.7 Å². The molecule has 0 N–H and O–H groups in total. The highest BCUT2D eigenvalue weighted by molar-refractivity contribution is 5.46.